The lowest BCUT2D eigenvalue weighted by Crippen LogP contribution is -2.44. The molecule has 0 fully saturated rings. The van der Waals surface area contributed by atoms with Crippen LogP contribution in [0.2, 0.25) is 0 Å². The Hall–Kier alpha value is -2.12. The first-order valence-electron chi connectivity index (χ1n) is 5.20. The van der Waals surface area contributed by atoms with Crippen LogP contribution >= 0.6 is 0 Å². The third-order valence-corrected chi connectivity index (χ3v) is 1.95. The standard InChI is InChI=1S/C10H17N3O5/c1-10(2,4-8(16)17)3-7(15)13-9(18)12-5-6(11)14/h3-5H2,1-2H3,(H2,11,14)(H,16,17)(H2,12,13,15,18). The zero-order valence-corrected chi connectivity index (χ0v) is 10.3. The Morgan fingerprint density at radius 3 is 2.17 bits per heavy atom. The highest BCUT2D eigenvalue weighted by molar-refractivity contribution is 5.95. The van der Waals surface area contributed by atoms with Gasteiger partial charge in [0.05, 0.1) is 13.0 Å². The summed E-state index contributed by atoms with van der Waals surface area (Å²) in [6, 6.07) is -0.843. The Morgan fingerprint density at radius 2 is 1.72 bits per heavy atom. The first kappa shape index (κ1) is 15.9. The predicted molar refractivity (Wildman–Crippen MR) is 61.4 cm³/mol. The van der Waals surface area contributed by atoms with Gasteiger partial charge in [-0.3, -0.25) is 19.7 Å². The molecule has 0 aromatic rings. The average molecular weight is 259 g/mol. The number of urea groups is 1. The van der Waals surface area contributed by atoms with Gasteiger partial charge in [-0.1, -0.05) is 13.8 Å². The zero-order valence-electron chi connectivity index (χ0n) is 10.3. The van der Waals surface area contributed by atoms with E-state index in [-0.39, 0.29) is 19.4 Å². The molecule has 8 heteroatoms. The maximum atomic E-state index is 11.4. The molecular formula is C10H17N3O5. The maximum Gasteiger partial charge on any atom is 0.321 e. The molecule has 0 saturated heterocycles. The van der Waals surface area contributed by atoms with Gasteiger partial charge in [-0.15, -0.1) is 0 Å². The number of carboxylic acids is 1. The normalized spacial score (nSPS) is 10.6. The van der Waals surface area contributed by atoms with Crippen molar-refractivity contribution in [3.63, 3.8) is 0 Å². The number of amides is 4. The quantitative estimate of drug-likeness (QED) is 0.494. The van der Waals surface area contributed by atoms with Crippen LogP contribution in [-0.4, -0.2) is 35.5 Å². The van der Waals surface area contributed by atoms with Crippen LogP contribution in [0.25, 0.3) is 0 Å². The van der Waals surface area contributed by atoms with Crippen molar-refractivity contribution in [3.05, 3.63) is 0 Å². The molecular weight excluding hydrogens is 242 g/mol. The Bertz CT molecular complexity index is 365. The van der Waals surface area contributed by atoms with Gasteiger partial charge in [0.15, 0.2) is 0 Å². The number of aliphatic carboxylic acids is 1. The largest absolute Gasteiger partial charge is 0.481 e. The van der Waals surface area contributed by atoms with E-state index in [0.29, 0.717) is 0 Å². The second-order valence-corrected chi connectivity index (χ2v) is 4.61. The first-order valence-corrected chi connectivity index (χ1v) is 5.20. The van der Waals surface area contributed by atoms with Crippen LogP contribution in [0.4, 0.5) is 4.79 Å². The molecule has 0 heterocycles. The summed E-state index contributed by atoms with van der Waals surface area (Å²) in [6.07, 6.45) is -0.313. The number of carbonyl (C=O) groups excluding carboxylic acids is 3. The van der Waals surface area contributed by atoms with Crippen LogP contribution < -0.4 is 16.4 Å². The summed E-state index contributed by atoms with van der Waals surface area (Å²) >= 11 is 0. The number of hydrogen-bond acceptors (Lipinski definition) is 4. The van der Waals surface area contributed by atoms with E-state index < -0.39 is 29.2 Å². The van der Waals surface area contributed by atoms with Gasteiger partial charge in [0.2, 0.25) is 11.8 Å². The van der Waals surface area contributed by atoms with Crippen molar-refractivity contribution in [3.8, 4) is 0 Å². The highest BCUT2D eigenvalue weighted by Crippen LogP contribution is 2.24. The number of nitrogens with two attached hydrogens (primary N) is 1. The minimum absolute atomic E-state index is 0.122. The van der Waals surface area contributed by atoms with Crippen LogP contribution in [-0.2, 0) is 14.4 Å². The fourth-order valence-electron chi connectivity index (χ4n) is 1.29. The lowest BCUT2D eigenvalue weighted by molar-refractivity contribution is -0.139. The number of carboxylic acid groups (broad SMARTS) is 1. The lowest BCUT2D eigenvalue weighted by atomic mass is 9.85. The molecule has 0 atom stereocenters. The first-order chi connectivity index (χ1) is 8.12. The maximum absolute atomic E-state index is 11.4. The van der Waals surface area contributed by atoms with Gasteiger partial charge in [-0.2, -0.15) is 0 Å². The van der Waals surface area contributed by atoms with E-state index in [1.54, 1.807) is 13.8 Å². The third kappa shape index (κ3) is 8.08. The molecule has 8 nitrogen and oxygen atoms in total. The van der Waals surface area contributed by atoms with Gasteiger partial charge in [0, 0.05) is 6.42 Å². The Balaban J connectivity index is 4.14. The lowest BCUT2D eigenvalue weighted by Gasteiger charge is -2.21. The van der Waals surface area contributed by atoms with Crippen molar-refractivity contribution >= 4 is 23.8 Å². The summed E-state index contributed by atoms with van der Waals surface area (Å²) in [5.41, 5.74) is 4.03. The second kappa shape index (κ2) is 6.58. The number of imide groups is 1. The topological polar surface area (TPSA) is 139 Å². The van der Waals surface area contributed by atoms with E-state index in [0.717, 1.165) is 0 Å². The van der Waals surface area contributed by atoms with Gasteiger partial charge in [-0.25, -0.2) is 4.79 Å². The van der Waals surface area contributed by atoms with Crippen LogP contribution in [0.3, 0.4) is 0 Å². The molecule has 5 N–H and O–H groups in total. The predicted octanol–water partition coefficient (Wildman–Crippen LogP) is -0.811. The van der Waals surface area contributed by atoms with E-state index in [2.05, 4.69) is 5.32 Å². The second-order valence-electron chi connectivity index (χ2n) is 4.61. The molecule has 18 heavy (non-hydrogen) atoms. The fourth-order valence-corrected chi connectivity index (χ4v) is 1.29. The van der Waals surface area contributed by atoms with Crippen molar-refractivity contribution < 1.29 is 24.3 Å². The number of nitrogens with one attached hydrogen (secondary N) is 2. The molecule has 4 amide bonds. The molecule has 0 spiro atoms. The molecule has 0 saturated carbocycles. The van der Waals surface area contributed by atoms with Crippen molar-refractivity contribution in [1.82, 2.24) is 10.6 Å². The average Bonchev–Trinajstić information content (AvgIpc) is 2.10. The molecule has 0 rings (SSSR count). The fraction of sp³-hybridized carbons (Fsp3) is 0.600. The highest BCUT2D eigenvalue weighted by Gasteiger charge is 2.25. The molecule has 0 radical (unpaired) electrons. The summed E-state index contributed by atoms with van der Waals surface area (Å²) < 4.78 is 0. The summed E-state index contributed by atoms with van der Waals surface area (Å²) in [6.45, 7) is 2.82. The van der Waals surface area contributed by atoms with Crippen LogP contribution in [0.5, 0.6) is 0 Å². The van der Waals surface area contributed by atoms with Gasteiger partial charge in [0.1, 0.15) is 0 Å². The Morgan fingerprint density at radius 1 is 1.17 bits per heavy atom. The molecule has 0 aromatic heterocycles. The summed E-state index contributed by atoms with van der Waals surface area (Å²) in [7, 11) is 0. The minimum Gasteiger partial charge on any atom is -0.481 e. The Kier molecular flexibility index (Phi) is 5.80. The molecule has 0 aliphatic carbocycles. The molecule has 0 bridgehead atoms. The summed E-state index contributed by atoms with van der Waals surface area (Å²) in [5, 5.41) is 12.7. The van der Waals surface area contributed by atoms with E-state index in [4.69, 9.17) is 10.8 Å². The minimum atomic E-state index is -1.02. The highest BCUT2D eigenvalue weighted by atomic mass is 16.4. The molecule has 0 unspecified atom stereocenters. The monoisotopic (exact) mass is 259 g/mol. The number of primary amides is 1. The molecule has 0 aliphatic heterocycles. The molecule has 0 aromatic carbocycles. The van der Waals surface area contributed by atoms with Crippen LogP contribution in [0.1, 0.15) is 26.7 Å². The van der Waals surface area contributed by atoms with Crippen molar-refractivity contribution in [1.29, 1.82) is 0 Å². The summed E-state index contributed by atoms with van der Waals surface area (Å²) in [4.78, 5) is 43.4. The van der Waals surface area contributed by atoms with Crippen molar-refractivity contribution in [2.45, 2.75) is 26.7 Å². The van der Waals surface area contributed by atoms with Crippen LogP contribution in [0, 0.1) is 5.41 Å². The van der Waals surface area contributed by atoms with Gasteiger partial charge in [-0.05, 0) is 5.41 Å². The van der Waals surface area contributed by atoms with Crippen molar-refractivity contribution in [2.24, 2.45) is 11.1 Å². The zero-order chi connectivity index (χ0) is 14.3. The third-order valence-electron chi connectivity index (χ3n) is 1.95. The van der Waals surface area contributed by atoms with Gasteiger partial charge < -0.3 is 16.2 Å². The van der Waals surface area contributed by atoms with Crippen molar-refractivity contribution in [2.75, 3.05) is 6.54 Å². The number of rotatable bonds is 6. The van der Waals surface area contributed by atoms with Gasteiger partial charge >= 0.3 is 12.0 Å². The van der Waals surface area contributed by atoms with E-state index in [1.807, 2.05) is 5.32 Å². The SMILES string of the molecule is CC(C)(CC(=O)O)CC(=O)NC(=O)NCC(N)=O. The molecule has 102 valence electrons. The summed E-state index contributed by atoms with van der Waals surface area (Å²) in [5.74, 6) is -2.38. The molecule has 0 aliphatic rings. The van der Waals surface area contributed by atoms with E-state index in [1.165, 1.54) is 0 Å². The Labute approximate surface area is 104 Å². The van der Waals surface area contributed by atoms with Gasteiger partial charge in [0.25, 0.3) is 0 Å². The van der Waals surface area contributed by atoms with Crippen LogP contribution in [0.15, 0.2) is 0 Å². The van der Waals surface area contributed by atoms with E-state index >= 15 is 0 Å². The number of hydrogen-bond donors (Lipinski definition) is 4. The smallest absolute Gasteiger partial charge is 0.321 e. The van der Waals surface area contributed by atoms with E-state index in [9.17, 15) is 19.2 Å². The number of carbonyl (C=O) groups is 4.